The van der Waals surface area contributed by atoms with Gasteiger partial charge in [-0.05, 0) is 12.1 Å². The number of halogens is 1. The largest absolute Gasteiger partial charge is 0.378 e. The average molecular weight is 415 g/mol. The Morgan fingerprint density at radius 1 is 1.28 bits per heavy atom. The second-order valence-corrected chi connectivity index (χ2v) is 7.06. The van der Waals surface area contributed by atoms with Crippen molar-refractivity contribution >= 4 is 34.4 Å². The number of carbonyl (C=O) groups excluding carboxylic acids is 1. The molecule has 0 atom stereocenters. The van der Waals surface area contributed by atoms with Crippen LogP contribution >= 0.6 is 11.6 Å². The number of morpholine rings is 1. The Morgan fingerprint density at radius 2 is 2.03 bits per heavy atom. The molecule has 3 aromatic rings. The zero-order chi connectivity index (χ0) is 20.4. The number of carbonyl (C=O) groups is 1. The number of anilines is 1. The number of amides is 1. The number of H-pyrrole nitrogens is 1. The minimum absolute atomic E-state index is 0.103. The first kappa shape index (κ1) is 19.3. The standard InChI is InChI=1S/C19H19ClN6O3/c1-25(11-15-22-14-5-3-2-4-12(14)17(27)23-15)18(28)16-13(20)10-21-19(24-16)26-6-8-29-9-7-26/h2-5,10H,6-9,11H2,1H3,(H,22,23,27). The van der Waals surface area contributed by atoms with E-state index in [4.69, 9.17) is 16.3 Å². The van der Waals surface area contributed by atoms with Crippen molar-refractivity contribution in [1.29, 1.82) is 0 Å². The number of rotatable bonds is 4. The third-order valence-corrected chi connectivity index (χ3v) is 4.90. The summed E-state index contributed by atoms with van der Waals surface area (Å²) in [5.74, 6) is 0.428. The maximum atomic E-state index is 12.9. The number of para-hydroxylation sites is 1. The van der Waals surface area contributed by atoms with Crippen LogP contribution in [0.25, 0.3) is 10.9 Å². The van der Waals surface area contributed by atoms with E-state index in [0.717, 1.165) is 0 Å². The van der Waals surface area contributed by atoms with Crippen molar-refractivity contribution in [3.05, 3.63) is 57.4 Å². The molecular formula is C19H19ClN6O3. The van der Waals surface area contributed by atoms with Gasteiger partial charge < -0.3 is 19.5 Å². The topological polar surface area (TPSA) is 104 Å². The van der Waals surface area contributed by atoms with E-state index in [0.29, 0.717) is 49.0 Å². The van der Waals surface area contributed by atoms with Crippen LogP contribution in [0.15, 0.2) is 35.3 Å². The summed E-state index contributed by atoms with van der Waals surface area (Å²) in [4.78, 5) is 44.3. The molecular weight excluding hydrogens is 396 g/mol. The van der Waals surface area contributed by atoms with Crippen LogP contribution < -0.4 is 10.5 Å². The molecule has 3 heterocycles. The summed E-state index contributed by atoms with van der Waals surface area (Å²) < 4.78 is 5.33. The van der Waals surface area contributed by atoms with Crippen molar-refractivity contribution in [3.8, 4) is 0 Å². The second-order valence-electron chi connectivity index (χ2n) is 6.66. The van der Waals surface area contributed by atoms with Crippen molar-refractivity contribution in [1.82, 2.24) is 24.8 Å². The van der Waals surface area contributed by atoms with Gasteiger partial charge in [-0.3, -0.25) is 9.59 Å². The van der Waals surface area contributed by atoms with Gasteiger partial charge in [0, 0.05) is 20.1 Å². The first-order chi connectivity index (χ1) is 14.0. The number of aromatic nitrogens is 4. The van der Waals surface area contributed by atoms with Crippen LogP contribution in [0.4, 0.5) is 5.95 Å². The summed E-state index contributed by atoms with van der Waals surface area (Å²) in [5.41, 5.74) is 0.427. The first-order valence-corrected chi connectivity index (χ1v) is 9.49. The molecule has 150 valence electrons. The Bertz CT molecular complexity index is 1110. The number of benzene rings is 1. The van der Waals surface area contributed by atoms with Gasteiger partial charge in [-0.1, -0.05) is 23.7 Å². The van der Waals surface area contributed by atoms with E-state index >= 15 is 0 Å². The lowest BCUT2D eigenvalue weighted by atomic mass is 10.2. The fourth-order valence-corrected chi connectivity index (χ4v) is 3.28. The van der Waals surface area contributed by atoms with E-state index < -0.39 is 0 Å². The molecule has 1 amide bonds. The highest BCUT2D eigenvalue weighted by Crippen LogP contribution is 2.19. The predicted octanol–water partition coefficient (Wildman–Crippen LogP) is 1.48. The Kier molecular flexibility index (Phi) is 5.41. The minimum Gasteiger partial charge on any atom is -0.378 e. The molecule has 1 N–H and O–H groups in total. The Hall–Kier alpha value is -3.04. The number of hydrogen-bond acceptors (Lipinski definition) is 7. The highest BCUT2D eigenvalue weighted by Gasteiger charge is 2.22. The monoisotopic (exact) mass is 414 g/mol. The van der Waals surface area contributed by atoms with Crippen LogP contribution in [0.5, 0.6) is 0 Å². The molecule has 0 spiro atoms. The van der Waals surface area contributed by atoms with Crippen molar-refractivity contribution < 1.29 is 9.53 Å². The molecule has 0 aliphatic carbocycles. The third-order valence-electron chi connectivity index (χ3n) is 4.62. The Balaban J connectivity index is 1.57. The fourth-order valence-electron chi connectivity index (χ4n) is 3.11. The second kappa shape index (κ2) is 8.14. The SMILES string of the molecule is CN(Cc1nc2ccccc2c(=O)[nH]1)C(=O)c1nc(N2CCOCC2)ncc1Cl. The molecule has 10 heteroatoms. The van der Waals surface area contributed by atoms with Gasteiger partial charge in [0.15, 0.2) is 5.69 Å². The third kappa shape index (κ3) is 4.06. The van der Waals surface area contributed by atoms with Crippen LogP contribution in [-0.2, 0) is 11.3 Å². The van der Waals surface area contributed by atoms with Gasteiger partial charge in [0.25, 0.3) is 11.5 Å². The quantitative estimate of drug-likeness (QED) is 0.689. The minimum atomic E-state index is -0.386. The molecule has 29 heavy (non-hydrogen) atoms. The van der Waals surface area contributed by atoms with Gasteiger partial charge >= 0.3 is 0 Å². The van der Waals surface area contributed by atoms with Crippen molar-refractivity contribution in [2.75, 3.05) is 38.3 Å². The normalized spacial score (nSPS) is 14.2. The van der Waals surface area contributed by atoms with E-state index in [9.17, 15) is 9.59 Å². The van der Waals surface area contributed by atoms with Gasteiger partial charge in [-0.25, -0.2) is 15.0 Å². The number of fused-ring (bicyclic) bond motifs is 1. The van der Waals surface area contributed by atoms with Gasteiger partial charge in [-0.15, -0.1) is 0 Å². The summed E-state index contributed by atoms with van der Waals surface area (Å²) in [7, 11) is 1.60. The zero-order valence-electron chi connectivity index (χ0n) is 15.8. The molecule has 1 aromatic carbocycles. The summed E-state index contributed by atoms with van der Waals surface area (Å²) in [6.07, 6.45) is 1.43. The van der Waals surface area contributed by atoms with Crippen molar-refractivity contribution in [2.45, 2.75) is 6.54 Å². The van der Waals surface area contributed by atoms with E-state index in [1.807, 2.05) is 4.90 Å². The van der Waals surface area contributed by atoms with Crippen molar-refractivity contribution in [2.24, 2.45) is 0 Å². The highest BCUT2D eigenvalue weighted by molar-refractivity contribution is 6.33. The zero-order valence-corrected chi connectivity index (χ0v) is 16.5. The van der Waals surface area contributed by atoms with Crippen LogP contribution in [-0.4, -0.2) is 64.1 Å². The molecule has 0 bridgehead atoms. The Morgan fingerprint density at radius 3 is 2.83 bits per heavy atom. The number of hydrogen-bond donors (Lipinski definition) is 1. The molecule has 9 nitrogen and oxygen atoms in total. The van der Waals surface area contributed by atoms with Crippen LogP contribution in [0.2, 0.25) is 5.02 Å². The summed E-state index contributed by atoms with van der Waals surface area (Å²) in [5, 5.41) is 0.665. The molecule has 4 rings (SSSR count). The molecule has 2 aromatic heterocycles. The fraction of sp³-hybridized carbons (Fsp3) is 0.316. The molecule has 1 aliphatic rings. The smallest absolute Gasteiger partial charge is 0.274 e. The van der Waals surface area contributed by atoms with E-state index in [1.165, 1.54) is 11.1 Å². The Labute approximate surface area is 171 Å². The maximum absolute atomic E-state index is 12.9. The van der Waals surface area contributed by atoms with Crippen molar-refractivity contribution in [3.63, 3.8) is 0 Å². The number of nitrogens with zero attached hydrogens (tertiary/aromatic N) is 5. The number of nitrogens with one attached hydrogen (secondary N) is 1. The summed E-state index contributed by atoms with van der Waals surface area (Å²) in [6, 6.07) is 7.04. The molecule has 1 aliphatic heterocycles. The first-order valence-electron chi connectivity index (χ1n) is 9.11. The maximum Gasteiger partial charge on any atom is 0.274 e. The highest BCUT2D eigenvalue weighted by atomic mass is 35.5. The van der Waals surface area contributed by atoms with E-state index in [-0.39, 0.29) is 28.7 Å². The van der Waals surface area contributed by atoms with Gasteiger partial charge in [-0.2, -0.15) is 0 Å². The van der Waals surface area contributed by atoms with E-state index in [2.05, 4.69) is 19.9 Å². The van der Waals surface area contributed by atoms with Crippen LogP contribution in [0.1, 0.15) is 16.3 Å². The summed E-state index contributed by atoms with van der Waals surface area (Å²) >= 11 is 6.19. The van der Waals surface area contributed by atoms with E-state index in [1.54, 1.807) is 31.3 Å². The lowest BCUT2D eigenvalue weighted by Gasteiger charge is -2.27. The van der Waals surface area contributed by atoms with Crippen LogP contribution in [0, 0.1) is 0 Å². The lowest BCUT2D eigenvalue weighted by molar-refractivity contribution is 0.0775. The number of aromatic amines is 1. The van der Waals surface area contributed by atoms with Gasteiger partial charge in [0.05, 0.1) is 41.9 Å². The predicted molar refractivity (Wildman–Crippen MR) is 108 cm³/mol. The van der Waals surface area contributed by atoms with Gasteiger partial charge in [0.1, 0.15) is 5.82 Å². The molecule has 1 saturated heterocycles. The summed E-state index contributed by atoms with van der Waals surface area (Å²) in [6.45, 7) is 2.55. The molecule has 0 unspecified atom stereocenters. The van der Waals surface area contributed by atoms with Crippen LogP contribution in [0.3, 0.4) is 0 Å². The number of ether oxygens (including phenoxy) is 1. The molecule has 0 saturated carbocycles. The van der Waals surface area contributed by atoms with Gasteiger partial charge in [0.2, 0.25) is 5.95 Å². The molecule has 0 radical (unpaired) electrons. The molecule has 1 fully saturated rings. The average Bonchev–Trinajstić information content (AvgIpc) is 2.74. The lowest BCUT2D eigenvalue weighted by Crippen LogP contribution is -2.38.